The van der Waals surface area contributed by atoms with Crippen LogP contribution in [-0.4, -0.2) is 24.7 Å². The molecule has 0 spiro atoms. The molecule has 5 heteroatoms. The van der Waals surface area contributed by atoms with Gasteiger partial charge in [0.1, 0.15) is 23.9 Å². The van der Waals surface area contributed by atoms with Crippen LogP contribution in [0.1, 0.15) is 19.4 Å². The van der Waals surface area contributed by atoms with Crippen LogP contribution >= 0.6 is 0 Å². The first-order chi connectivity index (χ1) is 11.4. The molecule has 0 unspecified atom stereocenters. The van der Waals surface area contributed by atoms with Gasteiger partial charge in [-0.05, 0) is 57.2 Å². The van der Waals surface area contributed by atoms with Gasteiger partial charge in [0.2, 0.25) is 0 Å². The molecule has 1 amide bonds. The van der Waals surface area contributed by atoms with Crippen molar-refractivity contribution in [3.63, 3.8) is 0 Å². The fourth-order valence-corrected chi connectivity index (χ4v) is 2.03. The van der Waals surface area contributed by atoms with Crippen LogP contribution in [0.25, 0.3) is 0 Å². The summed E-state index contributed by atoms with van der Waals surface area (Å²) >= 11 is 0. The van der Waals surface area contributed by atoms with E-state index in [0.717, 1.165) is 11.3 Å². The predicted molar refractivity (Wildman–Crippen MR) is 90.8 cm³/mol. The lowest BCUT2D eigenvalue weighted by Gasteiger charge is -2.19. The lowest BCUT2D eigenvalue weighted by molar-refractivity contribution is -0.128. The first kappa shape index (κ1) is 17.8. The Hall–Kier alpha value is -2.56. The van der Waals surface area contributed by atoms with Gasteiger partial charge in [-0.15, -0.1) is 0 Å². The van der Waals surface area contributed by atoms with E-state index in [-0.39, 0.29) is 17.8 Å². The van der Waals surface area contributed by atoms with Crippen molar-refractivity contribution in [1.29, 1.82) is 0 Å². The number of aryl methyl sites for hydroxylation is 1. The van der Waals surface area contributed by atoms with Crippen LogP contribution in [-0.2, 0) is 4.79 Å². The van der Waals surface area contributed by atoms with Crippen LogP contribution in [0.4, 0.5) is 4.39 Å². The van der Waals surface area contributed by atoms with Crippen molar-refractivity contribution in [3.05, 3.63) is 59.9 Å². The lowest BCUT2D eigenvalue weighted by atomic mass is 10.2. The third-order valence-corrected chi connectivity index (χ3v) is 3.41. The van der Waals surface area contributed by atoms with E-state index in [2.05, 4.69) is 5.32 Å². The average molecular weight is 331 g/mol. The van der Waals surface area contributed by atoms with Crippen molar-refractivity contribution < 1.29 is 18.7 Å². The molecule has 0 radical (unpaired) electrons. The first-order valence-electron chi connectivity index (χ1n) is 7.86. The van der Waals surface area contributed by atoms with Gasteiger partial charge in [0.05, 0.1) is 6.04 Å². The Balaban J connectivity index is 1.77. The summed E-state index contributed by atoms with van der Waals surface area (Å²) in [6.45, 7) is 5.87. The molecular weight excluding hydrogens is 309 g/mol. The molecule has 0 bridgehead atoms. The van der Waals surface area contributed by atoms with Gasteiger partial charge in [-0.1, -0.05) is 17.7 Å². The van der Waals surface area contributed by atoms with Crippen molar-refractivity contribution in [3.8, 4) is 11.5 Å². The maximum Gasteiger partial charge on any atom is 0.261 e. The summed E-state index contributed by atoms with van der Waals surface area (Å²) in [4.78, 5) is 12.1. The maximum absolute atomic E-state index is 12.9. The monoisotopic (exact) mass is 331 g/mol. The first-order valence-corrected chi connectivity index (χ1v) is 7.86. The Labute approximate surface area is 141 Å². The van der Waals surface area contributed by atoms with Gasteiger partial charge in [0.15, 0.2) is 6.10 Å². The summed E-state index contributed by atoms with van der Waals surface area (Å²) in [7, 11) is 0. The van der Waals surface area contributed by atoms with E-state index in [4.69, 9.17) is 9.47 Å². The molecule has 0 fully saturated rings. The Morgan fingerprint density at radius 2 is 1.62 bits per heavy atom. The number of hydrogen-bond acceptors (Lipinski definition) is 3. The topological polar surface area (TPSA) is 47.6 Å². The van der Waals surface area contributed by atoms with Crippen LogP contribution in [0, 0.1) is 12.7 Å². The third-order valence-electron chi connectivity index (χ3n) is 3.41. The summed E-state index contributed by atoms with van der Waals surface area (Å²) < 4.78 is 24.0. The smallest absolute Gasteiger partial charge is 0.261 e. The van der Waals surface area contributed by atoms with Crippen LogP contribution in [0.5, 0.6) is 11.5 Å². The Morgan fingerprint density at radius 3 is 2.25 bits per heavy atom. The number of rotatable bonds is 7. The Bertz CT molecular complexity index is 655. The van der Waals surface area contributed by atoms with E-state index >= 15 is 0 Å². The summed E-state index contributed by atoms with van der Waals surface area (Å²) in [5.41, 5.74) is 1.16. The minimum absolute atomic E-state index is 0.168. The molecule has 0 saturated carbocycles. The molecule has 1 N–H and O–H groups in total. The van der Waals surface area contributed by atoms with E-state index < -0.39 is 6.10 Å². The highest BCUT2D eigenvalue weighted by Gasteiger charge is 2.17. The van der Waals surface area contributed by atoms with E-state index in [1.165, 1.54) is 24.3 Å². The van der Waals surface area contributed by atoms with Crippen LogP contribution in [0.15, 0.2) is 48.5 Å². The molecule has 128 valence electrons. The number of hydrogen-bond donors (Lipinski definition) is 1. The molecule has 2 atom stereocenters. The molecule has 2 aromatic rings. The third kappa shape index (κ3) is 5.57. The highest BCUT2D eigenvalue weighted by Crippen LogP contribution is 2.13. The van der Waals surface area contributed by atoms with E-state index in [0.29, 0.717) is 12.4 Å². The molecule has 0 saturated heterocycles. The van der Waals surface area contributed by atoms with E-state index in [9.17, 15) is 9.18 Å². The highest BCUT2D eigenvalue weighted by molar-refractivity contribution is 5.80. The molecular formula is C19H22FNO3. The lowest BCUT2D eigenvalue weighted by Crippen LogP contribution is -2.43. The van der Waals surface area contributed by atoms with Gasteiger partial charge < -0.3 is 14.8 Å². The summed E-state index contributed by atoms with van der Waals surface area (Å²) in [5, 5.41) is 2.83. The summed E-state index contributed by atoms with van der Waals surface area (Å²) in [6, 6.07) is 13.1. The number of carbonyl (C=O) groups is 1. The van der Waals surface area contributed by atoms with Crippen LogP contribution in [0.3, 0.4) is 0 Å². The molecule has 0 aliphatic heterocycles. The summed E-state index contributed by atoms with van der Waals surface area (Å²) in [6.07, 6.45) is -0.683. The predicted octanol–water partition coefficient (Wildman–Crippen LogP) is 3.49. The van der Waals surface area contributed by atoms with Crippen molar-refractivity contribution >= 4 is 5.91 Å². The Morgan fingerprint density at radius 1 is 1.04 bits per heavy atom. The maximum atomic E-state index is 12.9. The molecule has 0 aliphatic rings. The van der Waals surface area contributed by atoms with Gasteiger partial charge >= 0.3 is 0 Å². The minimum Gasteiger partial charge on any atom is -0.491 e. The summed E-state index contributed by atoms with van der Waals surface area (Å²) in [5.74, 6) is 0.612. The standard InChI is InChI=1S/C19H22FNO3/c1-13-4-8-17(9-5-13)23-12-14(2)21-19(22)15(3)24-18-10-6-16(20)7-11-18/h4-11,14-15H,12H2,1-3H3,(H,21,22)/t14-,15-/m1/s1. The van der Waals surface area contributed by atoms with E-state index in [1.807, 2.05) is 38.1 Å². The quantitative estimate of drug-likeness (QED) is 0.845. The van der Waals surface area contributed by atoms with Gasteiger partial charge in [0.25, 0.3) is 5.91 Å². The van der Waals surface area contributed by atoms with Crippen molar-refractivity contribution in [2.45, 2.75) is 32.9 Å². The van der Waals surface area contributed by atoms with Gasteiger partial charge in [-0.25, -0.2) is 4.39 Å². The zero-order valence-corrected chi connectivity index (χ0v) is 14.1. The SMILES string of the molecule is Cc1ccc(OC[C@@H](C)NC(=O)[C@@H](C)Oc2ccc(F)cc2)cc1. The van der Waals surface area contributed by atoms with Gasteiger partial charge in [0, 0.05) is 0 Å². The minimum atomic E-state index is -0.683. The second-order valence-electron chi connectivity index (χ2n) is 5.75. The second-order valence-corrected chi connectivity index (χ2v) is 5.75. The van der Waals surface area contributed by atoms with E-state index in [1.54, 1.807) is 6.92 Å². The number of nitrogens with one attached hydrogen (secondary N) is 1. The molecule has 2 aromatic carbocycles. The number of ether oxygens (including phenoxy) is 2. The molecule has 4 nitrogen and oxygen atoms in total. The zero-order chi connectivity index (χ0) is 17.5. The van der Waals surface area contributed by atoms with Gasteiger partial charge in [-0.2, -0.15) is 0 Å². The molecule has 0 heterocycles. The highest BCUT2D eigenvalue weighted by atomic mass is 19.1. The average Bonchev–Trinajstić information content (AvgIpc) is 2.56. The molecule has 2 rings (SSSR count). The fourth-order valence-electron chi connectivity index (χ4n) is 2.03. The van der Waals surface area contributed by atoms with Crippen LogP contribution < -0.4 is 14.8 Å². The largest absolute Gasteiger partial charge is 0.491 e. The molecule has 24 heavy (non-hydrogen) atoms. The van der Waals surface area contributed by atoms with Crippen molar-refractivity contribution in [2.24, 2.45) is 0 Å². The fraction of sp³-hybridized carbons (Fsp3) is 0.316. The number of benzene rings is 2. The number of halogens is 1. The Kier molecular flexibility index (Phi) is 6.18. The second kappa shape index (κ2) is 8.34. The zero-order valence-electron chi connectivity index (χ0n) is 14.1. The number of carbonyl (C=O) groups excluding carboxylic acids is 1. The number of amides is 1. The van der Waals surface area contributed by atoms with Crippen molar-refractivity contribution in [2.75, 3.05) is 6.61 Å². The van der Waals surface area contributed by atoms with Crippen LogP contribution in [0.2, 0.25) is 0 Å². The van der Waals surface area contributed by atoms with Gasteiger partial charge in [-0.3, -0.25) is 4.79 Å². The van der Waals surface area contributed by atoms with Crippen molar-refractivity contribution in [1.82, 2.24) is 5.32 Å². The molecule has 0 aromatic heterocycles. The molecule has 0 aliphatic carbocycles. The normalized spacial score (nSPS) is 13.0.